The molecular weight excluding hydrogens is 224 g/mol. The van der Waals surface area contributed by atoms with Gasteiger partial charge in [-0.05, 0) is 13.3 Å². The van der Waals surface area contributed by atoms with Gasteiger partial charge in [0.05, 0.1) is 6.61 Å². The second-order valence-electron chi connectivity index (χ2n) is 3.64. The minimum absolute atomic E-state index is 0.186. The highest BCUT2D eigenvalue weighted by molar-refractivity contribution is 5.93. The largest absolute Gasteiger partial charge is 0.481 e. The molecule has 0 aliphatic heterocycles. The number of carbonyl (C=O) groups excluding carboxylic acids is 1. The van der Waals surface area contributed by atoms with Crippen LogP contribution in [0.25, 0.3) is 0 Å². The van der Waals surface area contributed by atoms with Crippen LogP contribution in [0.1, 0.15) is 19.2 Å². The van der Waals surface area contributed by atoms with E-state index in [1.54, 1.807) is 23.9 Å². The number of rotatable bonds is 6. The molecule has 1 rings (SSSR count). The SMILES string of the molecule is CCOC(=O)C(CCc1nccn1C)C(=O)O. The van der Waals surface area contributed by atoms with Gasteiger partial charge in [0.2, 0.25) is 0 Å². The molecule has 0 aliphatic carbocycles. The fourth-order valence-corrected chi connectivity index (χ4v) is 1.50. The van der Waals surface area contributed by atoms with E-state index in [9.17, 15) is 9.59 Å². The van der Waals surface area contributed by atoms with Crippen molar-refractivity contribution in [1.29, 1.82) is 0 Å². The van der Waals surface area contributed by atoms with Crippen molar-refractivity contribution in [2.45, 2.75) is 19.8 Å². The molecule has 1 aromatic heterocycles. The summed E-state index contributed by atoms with van der Waals surface area (Å²) in [4.78, 5) is 26.4. The lowest BCUT2D eigenvalue weighted by Gasteiger charge is -2.10. The Morgan fingerprint density at radius 2 is 2.29 bits per heavy atom. The fraction of sp³-hybridized carbons (Fsp3) is 0.545. The number of aromatic nitrogens is 2. The van der Waals surface area contributed by atoms with Crippen LogP contribution >= 0.6 is 0 Å². The summed E-state index contributed by atoms with van der Waals surface area (Å²) in [6.45, 7) is 1.83. The van der Waals surface area contributed by atoms with Crippen LogP contribution in [0.15, 0.2) is 12.4 Å². The molecule has 6 nitrogen and oxygen atoms in total. The first kappa shape index (κ1) is 13.2. The number of carbonyl (C=O) groups is 2. The molecule has 1 atom stereocenters. The highest BCUT2D eigenvalue weighted by atomic mass is 16.5. The van der Waals surface area contributed by atoms with Crippen LogP contribution in [0.2, 0.25) is 0 Å². The van der Waals surface area contributed by atoms with Crippen molar-refractivity contribution in [3.05, 3.63) is 18.2 Å². The molecule has 6 heteroatoms. The predicted molar refractivity (Wildman–Crippen MR) is 59.3 cm³/mol. The van der Waals surface area contributed by atoms with Crippen molar-refractivity contribution in [3.8, 4) is 0 Å². The minimum Gasteiger partial charge on any atom is -0.481 e. The van der Waals surface area contributed by atoms with Gasteiger partial charge in [-0.2, -0.15) is 0 Å². The molecule has 0 aliphatic rings. The maximum Gasteiger partial charge on any atom is 0.320 e. The van der Waals surface area contributed by atoms with E-state index in [4.69, 9.17) is 9.84 Å². The standard InChI is InChI=1S/C11H16N2O4/c1-3-17-11(16)8(10(14)15)4-5-9-12-6-7-13(9)2/h6-8H,3-5H2,1-2H3,(H,14,15). The number of hydrogen-bond acceptors (Lipinski definition) is 4. The molecule has 94 valence electrons. The van der Waals surface area contributed by atoms with Gasteiger partial charge in [0, 0.05) is 25.9 Å². The highest BCUT2D eigenvalue weighted by Crippen LogP contribution is 2.11. The summed E-state index contributed by atoms with van der Waals surface area (Å²) in [5.41, 5.74) is 0. The second-order valence-corrected chi connectivity index (χ2v) is 3.64. The summed E-state index contributed by atoms with van der Waals surface area (Å²) in [5.74, 6) is -2.21. The number of esters is 1. The summed E-state index contributed by atoms with van der Waals surface area (Å²) < 4.78 is 6.51. The van der Waals surface area contributed by atoms with Gasteiger partial charge >= 0.3 is 11.9 Å². The number of carboxylic acids is 1. The summed E-state index contributed by atoms with van der Waals surface area (Å²) in [6, 6.07) is 0. The molecule has 1 N–H and O–H groups in total. The van der Waals surface area contributed by atoms with Crippen molar-refractivity contribution in [1.82, 2.24) is 9.55 Å². The first-order chi connectivity index (χ1) is 8.06. The maximum atomic E-state index is 11.4. The number of nitrogens with zero attached hydrogens (tertiary/aromatic N) is 2. The van der Waals surface area contributed by atoms with Crippen LogP contribution in [0.4, 0.5) is 0 Å². The number of aliphatic carboxylic acids is 1. The number of aryl methyl sites for hydroxylation is 2. The Morgan fingerprint density at radius 3 is 2.76 bits per heavy atom. The number of hydrogen-bond donors (Lipinski definition) is 1. The van der Waals surface area contributed by atoms with Gasteiger partial charge in [-0.25, -0.2) is 4.98 Å². The van der Waals surface area contributed by atoms with Gasteiger partial charge < -0.3 is 14.4 Å². The van der Waals surface area contributed by atoms with Crippen molar-refractivity contribution in [2.75, 3.05) is 6.61 Å². The van der Waals surface area contributed by atoms with Crippen LogP contribution in [0.5, 0.6) is 0 Å². The molecule has 1 unspecified atom stereocenters. The maximum absolute atomic E-state index is 11.4. The third kappa shape index (κ3) is 3.58. The Bertz CT molecular complexity index is 400. The zero-order valence-electron chi connectivity index (χ0n) is 9.92. The smallest absolute Gasteiger partial charge is 0.320 e. The lowest BCUT2D eigenvalue weighted by molar-refractivity contribution is -0.158. The third-order valence-corrected chi connectivity index (χ3v) is 2.45. The van der Waals surface area contributed by atoms with Gasteiger partial charge in [0.25, 0.3) is 0 Å². The number of ether oxygens (including phenoxy) is 1. The molecule has 0 radical (unpaired) electrons. The van der Waals surface area contributed by atoms with Crippen LogP contribution in [-0.4, -0.2) is 33.2 Å². The summed E-state index contributed by atoms with van der Waals surface area (Å²) in [6.07, 6.45) is 4.03. The monoisotopic (exact) mass is 240 g/mol. The van der Waals surface area contributed by atoms with E-state index in [-0.39, 0.29) is 13.0 Å². The van der Waals surface area contributed by atoms with Gasteiger partial charge in [0.1, 0.15) is 5.82 Å². The van der Waals surface area contributed by atoms with E-state index in [2.05, 4.69) is 4.98 Å². The molecular formula is C11H16N2O4. The predicted octanol–water partition coefficient (Wildman–Crippen LogP) is 0.617. The molecule has 0 spiro atoms. The Kier molecular flexibility index (Phi) is 4.68. The molecule has 1 heterocycles. The Balaban J connectivity index is 2.59. The first-order valence-electron chi connectivity index (χ1n) is 5.42. The second kappa shape index (κ2) is 6.03. The fourth-order valence-electron chi connectivity index (χ4n) is 1.50. The van der Waals surface area contributed by atoms with Gasteiger partial charge in [-0.15, -0.1) is 0 Å². The van der Waals surface area contributed by atoms with Crippen molar-refractivity contribution >= 4 is 11.9 Å². The Hall–Kier alpha value is -1.85. The van der Waals surface area contributed by atoms with E-state index >= 15 is 0 Å². The minimum atomic E-state index is -1.15. The van der Waals surface area contributed by atoms with Gasteiger partial charge in [-0.3, -0.25) is 9.59 Å². The van der Waals surface area contributed by atoms with E-state index in [1.807, 2.05) is 7.05 Å². The molecule has 0 aromatic carbocycles. The van der Waals surface area contributed by atoms with E-state index in [1.165, 1.54) is 0 Å². The number of carboxylic acid groups (broad SMARTS) is 1. The van der Waals surface area contributed by atoms with Crippen molar-refractivity contribution < 1.29 is 19.4 Å². The average molecular weight is 240 g/mol. The van der Waals surface area contributed by atoms with E-state index < -0.39 is 17.9 Å². The van der Waals surface area contributed by atoms with Crippen LogP contribution in [0, 0.1) is 5.92 Å². The third-order valence-electron chi connectivity index (χ3n) is 2.45. The molecule has 0 fully saturated rings. The molecule has 17 heavy (non-hydrogen) atoms. The normalized spacial score (nSPS) is 12.1. The van der Waals surface area contributed by atoms with Crippen molar-refractivity contribution in [2.24, 2.45) is 13.0 Å². The van der Waals surface area contributed by atoms with Gasteiger partial charge in [0.15, 0.2) is 5.92 Å². The summed E-state index contributed by atoms with van der Waals surface area (Å²) in [5, 5.41) is 8.94. The average Bonchev–Trinajstić information content (AvgIpc) is 2.64. The zero-order chi connectivity index (χ0) is 12.8. The number of imidazole rings is 1. The lowest BCUT2D eigenvalue weighted by atomic mass is 10.0. The molecule has 0 amide bonds. The lowest BCUT2D eigenvalue weighted by Crippen LogP contribution is -2.26. The van der Waals surface area contributed by atoms with E-state index in [0.29, 0.717) is 6.42 Å². The summed E-state index contributed by atoms with van der Waals surface area (Å²) in [7, 11) is 1.82. The van der Waals surface area contributed by atoms with E-state index in [0.717, 1.165) is 5.82 Å². The highest BCUT2D eigenvalue weighted by Gasteiger charge is 2.27. The topological polar surface area (TPSA) is 81.4 Å². The van der Waals surface area contributed by atoms with Crippen LogP contribution in [-0.2, 0) is 27.8 Å². The zero-order valence-corrected chi connectivity index (χ0v) is 9.92. The molecule has 0 saturated heterocycles. The van der Waals surface area contributed by atoms with Crippen LogP contribution < -0.4 is 0 Å². The Labute approximate surface area is 99.2 Å². The first-order valence-corrected chi connectivity index (χ1v) is 5.42. The Morgan fingerprint density at radius 1 is 1.59 bits per heavy atom. The van der Waals surface area contributed by atoms with Crippen molar-refractivity contribution in [3.63, 3.8) is 0 Å². The molecule has 0 saturated carbocycles. The molecule has 0 bridgehead atoms. The molecule has 1 aromatic rings. The van der Waals surface area contributed by atoms with Crippen LogP contribution in [0.3, 0.4) is 0 Å². The summed E-state index contributed by atoms with van der Waals surface area (Å²) >= 11 is 0. The quantitative estimate of drug-likeness (QED) is 0.582. The van der Waals surface area contributed by atoms with Gasteiger partial charge in [-0.1, -0.05) is 0 Å².